The number of carbonyl (C=O) groups is 1. The van der Waals surface area contributed by atoms with Crippen molar-refractivity contribution in [2.45, 2.75) is 6.54 Å². The van der Waals surface area contributed by atoms with Crippen LogP contribution in [0.5, 0.6) is 5.75 Å². The maximum Gasteiger partial charge on any atom is 0.248 e. The SMILES string of the molecule is COc1ccc(C(N)=O)cc1NCc1cccc(F)c1F. The minimum absolute atomic E-state index is 0.0438. The van der Waals surface area contributed by atoms with Crippen LogP contribution in [0.1, 0.15) is 15.9 Å². The van der Waals surface area contributed by atoms with Crippen LogP contribution in [-0.4, -0.2) is 13.0 Å². The van der Waals surface area contributed by atoms with Crippen LogP contribution in [0.15, 0.2) is 36.4 Å². The quantitative estimate of drug-likeness (QED) is 0.890. The molecule has 0 saturated heterocycles. The van der Waals surface area contributed by atoms with Crippen LogP contribution in [0.2, 0.25) is 0 Å². The standard InChI is InChI=1S/C15H14F2N2O2/c1-21-13-6-5-9(15(18)20)7-12(13)19-8-10-3-2-4-11(16)14(10)17/h2-7,19H,8H2,1H3,(H2,18,20). The van der Waals surface area contributed by atoms with Gasteiger partial charge in [-0.05, 0) is 24.3 Å². The number of amides is 1. The van der Waals surface area contributed by atoms with E-state index in [0.29, 0.717) is 11.4 Å². The summed E-state index contributed by atoms with van der Waals surface area (Å²) in [5.74, 6) is -1.93. The summed E-state index contributed by atoms with van der Waals surface area (Å²) in [5, 5.41) is 2.90. The van der Waals surface area contributed by atoms with Crippen molar-refractivity contribution in [1.82, 2.24) is 0 Å². The van der Waals surface area contributed by atoms with E-state index in [1.54, 1.807) is 6.07 Å². The summed E-state index contributed by atoms with van der Waals surface area (Å²) in [5.41, 5.74) is 6.14. The molecule has 0 aliphatic rings. The Morgan fingerprint density at radius 3 is 2.71 bits per heavy atom. The van der Waals surface area contributed by atoms with Crippen LogP contribution in [0.4, 0.5) is 14.5 Å². The molecule has 0 aromatic heterocycles. The van der Waals surface area contributed by atoms with Gasteiger partial charge in [0.15, 0.2) is 11.6 Å². The van der Waals surface area contributed by atoms with Crippen molar-refractivity contribution in [3.8, 4) is 5.75 Å². The number of hydrogen-bond donors (Lipinski definition) is 2. The highest BCUT2D eigenvalue weighted by atomic mass is 19.2. The van der Waals surface area contributed by atoms with Crippen molar-refractivity contribution < 1.29 is 18.3 Å². The first kappa shape index (κ1) is 14.8. The number of nitrogens with one attached hydrogen (secondary N) is 1. The summed E-state index contributed by atoms with van der Waals surface area (Å²) in [6.45, 7) is 0.0438. The molecule has 0 atom stereocenters. The van der Waals surface area contributed by atoms with Gasteiger partial charge in [0.05, 0.1) is 12.8 Å². The summed E-state index contributed by atoms with van der Waals surface area (Å²) < 4.78 is 31.8. The summed E-state index contributed by atoms with van der Waals surface area (Å²) in [6.07, 6.45) is 0. The lowest BCUT2D eigenvalue weighted by atomic mass is 10.1. The largest absolute Gasteiger partial charge is 0.495 e. The van der Waals surface area contributed by atoms with Gasteiger partial charge in [-0.15, -0.1) is 0 Å². The number of carbonyl (C=O) groups excluding carboxylic acids is 1. The Morgan fingerprint density at radius 2 is 2.05 bits per heavy atom. The minimum Gasteiger partial charge on any atom is -0.495 e. The van der Waals surface area contributed by atoms with Gasteiger partial charge in [-0.25, -0.2) is 8.78 Å². The second kappa shape index (κ2) is 6.21. The molecule has 0 aliphatic carbocycles. The summed E-state index contributed by atoms with van der Waals surface area (Å²) in [4.78, 5) is 11.2. The predicted molar refractivity (Wildman–Crippen MR) is 75.2 cm³/mol. The van der Waals surface area contributed by atoms with Gasteiger partial charge in [-0.1, -0.05) is 12.1 Å². The Hall–Kier alpha value is -2.63. The topological polar surface area (TPSA) is 64.3 Å². The molecule has 0 unspecified atom stereocenters. The normalized spacial score (nSPS) is 10.2. The summed E-state index contributed by atoms with van der Waals surface area (Å²) in [6, 6.07) is 8.54. The number of nitrogens with two attached hydrogens (primary N) is 1. The summed E-state index contributed by atoms with van der Waals surface area (Å²) >= 11 is 0. The molecule has 21 heavy (non-hydrogen) atoms. The van der Waals surface area contributed by atoms with E-state index in [2.05, 4.69) is 5.32 Å². The van der Waals surface area contributed by atoms with Gasteiger partial charge in [0.2, 0.25) is 5.91 Å². The lowest BCUT2D eigenvalue weighted by molar-refractivity contribution is 0.100. The Balaban J connectivity index is 2.24. The first-order valence-electron chi connectivity index (χ1n) is 6.17. The number of primary amides is 1. The number of halogens is 2. The first-order chi connectivity index (χ1) is 10.0. The number of ether oxygens (including phenoxy) is 1. The maximum atomic E-state index is 13.6. The molecule has 0 bridgehead atoms. The Kier molecular flexibility index (Phi) is 4.37. The number of benzene rings is 2. The van der Waals surface area contributed by atoms with Crippen LogP contribution >= 0.6 is 0 Å². The number of anilines is 1. The van der Waals surface area contributed by atoms with Crippen LogP contribution in [0.25, 0.3) is 0 Å². The van der Waals surface area contributed by atoms with E-state index in [9.17, 15) is 13.6 Å². The monoisotopic (exact) mass is 292 g/mol. The van der Waals surface area contributed by atoms with E-state index in [4.69, 9.17) is 10.5 Å². The minimum atomic E-state index is -0.910. The van der Waals surface area contributed by atoms with Crippen LogP contribution in [0, 0.1) is 11.6 Å². The molecule has 2 rings (SSSR count). The molecular formula is C15H14F2N2O2. The third-order valence-electron chi connectivity index (χ3n) is 2.98. The second-order valence-electron chi connectivity index (χ2n) is 4.35. The average Bonchev–Trinajstić information content (AvgIpc) is 2.48. The van der Waals surface area contributed by atoms with Crippen molar-refractivity contribution in [2.24, 2.45) is 5.73 Å². The fourth-order valence-electron chi connectivity index (χ4n) is 1.87. The van der Waals surface area contributed by atoms with Gasteiger partial charge in [0, 0.05) is 17.7 Å². The van der Waals surface area contributed by atoms with E-state index in [1.807, 2.05) is 0 Å². The fourth-order valence-corrected chi connectivity index (χ4v) is 1.87. The van der Waals surface area contributed by atoms with Gasteiger partial charge in [-0.2, -0.15) is 0 Å². The number of methoxy groups -OCH3 is 1. The third-order valence-corrected chi connectivity index (χ3v) is 2.98. The van der Waals surface area contributed by atoms with E-state index in [0.717, 1.165) is 6.07 Å². The van der Waals surface area contributed by atoms with Crippen LogP contribution in [-0.2, 0) is 6.54 Å². The van der Waals surface area contributed by atoms with Gasteiger partial charge in [0.25, 0.3) is 0 Å². The van der Waals surface area contributed by atoms with Gasteiger partial charge >= 0.3 is 0 Å². The van der Waals surface area contributed by atoms with Crippen molar-refractivity contribution in [3.63, 3.8) is 0 Å². The van der Waals surface area contributed by atoms with Gasteiger partial charge in [0.1, 0.15) is 5.75 Å². The van der Waals surface area contributed by atoms with Crippen molar-refractivity contribution in [3.05, 3.63) is 59.2 Å². The van der Waals surface area contributed by atoms with E-state index < -0.39 is 17.5 Å². The Labute approximate surface area is 120 Å². The third kappa shape index (κ3) is 3.28. The van der Waals surface area contributed by atoms with Crippen LogP contribution in [0.3, 0.4) is 0 Å². The zero-order chi connectivity index (χ0) is 15.4. The fraction of sp³-hybridized carbons (Fsp3) is 0.133. The number of rotatable bonds is 5. The maximum absolute atomic E-state index is 13.6. The van der Waals surface area contributed by atoms with Crippen LogP contribution < -0.4 is 15.8 Å². The Bertz CT molecular complexity index is 675. The van der Waals surface area contributed by atoms with Crippen molar-refractivity contribution in [1.29, 1.82) is 0 Å². The van der Waals surface area contributed by atoms with E-state index in [-0.39, 0.29) is 17.7 Å². The molecule has 0 fully saturated rings. The lowest BCUT2D eigenvalue weighted by Crippen LogP contribution is -2.12. The molecule has 3 N–H and O–H groups in total. The molecule has 0 spiro atoms. The van der Waals surface area contributed by atoms with E-state index in [1.165, 1.54) is 31.4 Å². The lowest BCUT2D eigenvalue weighted by Gasteiger charge is -2.12. The first-order valence-corrected chi connectivity index (χ1v) is 6.17. The Morgan fingerprint density at radius 1 is 1.29 bits per heavy atom. The zero-order valence-electron chi connectivity index (χ0n) is 11.3. The zero-order valence-corrected chi connectivity index (χ0v) is 11.3. The molecule has 0 radical (unpaired) electrons. The average molecular weight is 292 g/mol. The predicted octanol–water partition coefficient (Wildman–Crippen LogP) is 2.68. The van der Waals surface area contributed by atoms with Gasteiger partial charge < -0.3 is 15.8 Å². The highest BCUT2D eigenvalue weighted by Gasteiger charge is 2.10. The van der Waals surface area contributed by atoms with Gasteiger partial charge in [-0.3, -0.25) is 4.79 Å². The molecule has 0 aliphatic heterocycles. The molecule has 110 valence electrons. The summed E-state index contributed by atoms with van der Waals surface area (Å²) in [7, 11) is 1.47. The second-order valence-corrected chi connectivity index (χ2v) is 4.35. The highest BCUT2D eigenvalue weighted by molar-refractivity contribution is 5.94. The van der Waals surface area contributed by atoms with Crippen molar-refractivity contribution >= 4 is 11.6 Å². The highest BCUT2D eigenvalue weighted by Crippen LogP contribution is 2.26. The molecule has 0 saturated carbocycles. The molecular weight excluding hydrogens is 278 g/mol. The molecule has 1 amide bonds. The molecule has 0 heterocycles. The smallest absolute Gasteiger partial charge is 0.248 e. The number of hydrogen-bond acceptors (Lipinski definition) is 3. The molecule has 6 heteroatoms. The van der Waals surface area contributed by atoms with Crippen molar-refractivity contribution in [2.75, 3.05) is 12.4 Å². The molecule has 2 aromatic rings. The van der Waals surface area contributed by atoms with E-state index >= 15 is 0 Å². The molecule has 4 nitrogen and oxygen atoms in total. The molecule has 2 aromatic carbocycles.